The van der Waals surface area contributed by atoms with Crippen LogP contribution in [-0.4, -0.2) is 34.6 Å². The highest BCUT2D eigenvalue weighted by molar-refractivity contribution is 7.99. The molecule has 3 aromatic carbocycles. The van der Waals surface area contributed by atoms with Gasteiger partial charge in [-0.3, -0.25) is 9.59 Å². The lowest BCUT2D eigenvalue weighted by atomic mass is 10.0. The van der Waals surface area contributed by atoms with Crippen molar-refractivity contribution in [1.29, 1.82) is 0 Å². The smallest absolute Gasteiger partial charge is 0.243 e. The Balaban J connectivity index is 1.86. The predicted molar refractivity (Wildman–Crippen MR) is 146 cm³/mol. The molecule has 3 aromatic rings. The molecule has 6 heteroatoms. The van der Waals surface area contributed by atoms with Gasteiger partial charge in [0.05, 0.1) is 5.75 Å². The lowest BCUT2D eigenvalue weighted by Crippen LogP contribution is -2.52. The molecule has 0 saturated heterocycles. The molecule has 0 saturated carbocycles. The second kappa shape index (κ2) is 13.8. The topological polar surface area (TPSA) is 49.4 Å². The number of carbonyl (C=O) groups excluding carboxylic acids is 2. The van der Waals surface area contributed by atoms with Gasteiger partial charge in [-0.15, -0.1) is 11.8 Å². The van der Waals surface area contributed by atoms with Crippen molar-refractivity contribution in [2.75, 3.05) is 5.75 Å². The van der Waals surface area contributed by atoms with Gasteiger partial charge in [-0.25, -0.2) is 4.39 Å². The van der Waals surface area contributed by atoms with Gasteiger partial charge in [0.25, 0.3) is 0 Å². The summed E-state index contributed by atoms with van der Waals surface area (Å²) in [5.41, 5.74) is 4.05. The standard InChI is InChI=1S/C30H35FN2O2S/c1-4-23(3)32-30(35)28(18-24-11-6-5-7-12-24)33(19-26-13-9-8-10-22(26)2)29(34)21-36-20-25-14-16-27(31)17-15-25/h5-17,23,28H,4,18-21H2,1-3H3,(H,32,35). The summed E-state index contributed by atoms with van der Waals surface area (Å²) in [6.45, 7) is 6.38. The molecule has 2 amide bonds. The largest absolute Gasteiger partial charge is 0.352 e. The van der Waals surface area contributed by atoms with Crippen molar-refractivity contribution >= 4 is 23.6 Å². The number of hydrogen-bond acceptors (Lipinski definition) is 3. The fourth-order valence-corrected chi connectivity index (χ4v) is 4.76. The highest BCUT2D eigenvalue weighted by Gasteiger charge is 2.31. The second-order valence-electron chi connectivity index (χ2n) is 9.09. The molecule has 2 atom stereocenters. The van der Waals surface area contributed by atoms with E-state index in [2.05, 4.69) is 5.32 Å². The molecule has 190 valence electrons. The first-order valence-electron chi connectivity index (χ1n) is 12.4. The van der Waals surface area contributed by atoms with Crippen LogP contribution in [0.1, 0.15) is 42.5 Å². The Morgan fingerprint density at radius 2 is 1.61 bits per heavy atom. The van der Waals surface area contributed by atoms with Crippen LogP contribution >= 0.6 is 11.8 Å². The molecular weight excluding hydrogens is 471 g/mol. The summed E-state index contributed by atoms with van der Waals surface area (Å²) < 4.78 is 13.2. The van der Waals surface area contributed by atoms with Gasteiger partial charge < -0.3 is 10.2 Å². The molecule has 0 spiro atoms. The van der Waals surface area contributed by atoms with Gasteiger partial charge in [0.2, 0.25) is 11.8 Å². The first-order valence-corrected chi connectivity index (χ1v) is 13.5. The van der Waals surface area contributed by atoms with Crippen molar-refractivity contribution in [2.45, 2.75) is 58.0 Å². The van der Waals surface area contributed by atoms with Crippen molar-refractivity contribution in [1.82, 2.24) is 10.2 Å². The van der Waals surface area contributed by atoms with Gasteiger partial charge in [0.1, 0.15) is 11.9 Å². The number of halogens is 1. The van der Waals surface area contributed by atoms with Gasteiger partial charge in [-0.2, -0.15) is 0 Å². The normalized spacial score (nSPS) is 12.6. The number of rotatable bonds is 12. The number of aryl methyl sites for hydroxylation is 1. The summed E-state index contributed by atoms with van der Waals surface area (Å²) in [7, 11) is 0. The minimum atomic E-state index is -0.639. The lowest BCUT2D eigenvalue weighted by molar-refractivity contribution is -0.139. The van der Waals surface area contributed by atoms with Crippen molar-refractivity contribution in [3.05, 3.63) is 107 Å². The molecule has 4 nitrogen and oxygen atoms in total. The van der Waals surface area contributed by atoms with E-state index in [1.54, 1.807) is 17.0 Å². The van der Waals surface area contributed by atoms with Crippen molar-refractivity contribution in [3.8, 4) is 0 Å². The molecule has 0 heterocycles. The molecule has 0 fully saturated rings. The molecule has 0 radical (unpaired) electrons. The van der Waals surface area contributed by atoms with Gasteiger partial charge >= 0.3 is 0 Å². The maximum absolute atomic E-state index is 13.7. The SMILES string of the molecule is CCC(C)NC(=O)C(Cc1ccccc1)N(Cc1ccccc1C)C(=O)CSCc1ccc(F)cc1. The van der Waals surface area contributed by atoms with Crippen LogP contribution in [-0.2, 0) is 28.3 Å². The fraction of sp³-hybridized carbons (Fsp3) is 0.333. The van der Waals surface area contributed by atoms with E-state index in [0.717, 1.165) is 28.7 Å². The third kappa shape index (κ3) is 8.23. The van der Waals surface area contributed by atoms with Crippen LogP contribution in [0, 0.1) is 12.7 Å². The van der Waals surface area contributed by atoms with E-state index in [0.29, 0.717) is 18.7 Å². The highest BCUT2D eigenvalue weighted by atomic mass is 32.2. The lowest BCUT2D eigenvalue weighted by Gasteiger charge is -2.32. The molecule has 3 rings (SSSR count). The highest BCUT2D eigenvalue weighted by Crippen LogP contribution is 2.20. The summed E-state index contributed by atoms with van der Waals surface area (Å²) in [6.07, 6.45) is 1.24. The Bertz CT molecular complexity index is 1120. The van der Waals surface area contributed by atoms with Gasteiger partial charge in [-0.1, -0.05) is 73.7 Å². The summed E-state index contributed by atoms with van der Waals surface area (Å²) in [5, 5.41) is 3.10. The number of amides is 2. The van der Waals surface area contributed by atoms with E-state index in [9.17, 15) is 14.0 Å². The van der Waals surface area contributed by atoms with E-state index in [-0.39, 0.29) is 29.4 Å². The molecule has 0 aliphatic rings. The number of hydrogen-bond donors (Lipinski definition) is 1. The maximum Gasteiger partial charge on any atom is 0.243 e. The average Bonchev–Trinajstić information content (AvgIpc) is 2.88. The first kappa shape index (κ1) is 27.5. The fourth-order valence-electron chi connectivity index (χ4n) is 3.89. The van der Waals surface area contributed by atoms with Crippen LogP contribution < -0.4 is 5.32 Å². The summed E-state index contributed by atoms with van der Waals surface area (Å²) >= 11 is 1.47. The first-order chi connectivity index (χ1) is 17.4. The summed E-state index contributed by atoms with van der Waals surface area (Å²) in [4.78, 5) is 28.9. The molecule has 0 aromatic heterocycles. The molecule has 0 bridgehead atoms. The number of benzene rings is 3. The van der Waals surface area contributed by atoms with E-state index in [1.165, 1.54) is 23.9 Å². The Labute approximate surface area is 218 Å². The number of nitrogens with one attached hydrogen (secondary N) is 1. The zero-order valence-corrected chi connectivity index (χ0v) is 22.1. The number of carbonyl (C=O) groups is 2. The van der Waals surface area contributed by atoms with Crippen LogP contribution in [0.2, 0.25) is 0 Å². The van der Waals surface area contributed by atoms with E-state index >= 15 is 0 Å². The van der Waals surface area contributed by atoms with Crippen molar-refractivity contribution in [2.24, 2.45) is 0 Å². The Morgan fingerprint density at radius 1 is 0.944 bits per heavy atom. The Morgan fingerprint density at radius 3 is 2.28 bits per heavy atom. The minimum absolute atomic E-state index is 0.0130. The molecule has 1 N–H and O–H groups in total. The van der Waals surface area contributed by atoms with Crippen molar-refractivity contribution in [3.63, 3.8) is 0 Å². The molecule has 2 unspecified atom stereocenters. The van der Waals surface area contributed by atoms with Gasteiger partial charge in [0.15, 0.2) is 0 Å². The van der Waals surface area contributed by atoms with Crippen LogP contribution in [0.5, 0.6) is 0 Å². The second-order valence-corrected chi connectivity index (χ2v) is 10.1. The van der Waals surface area contributed by atoms with Gasteiger partial charge in [-0.05, 0) is 54.7 Å². The molecule has 0 aliphatic heterocycles. The Kier molecular flexibility index (Phi) is 10.6. The summed E-state index contributed by atoms with van der Waals surface area (Å²) in [6, 6.07) is 23.5. The zero-order valence-electron chi connectivity index (χ0n) is 21.2. The zero-order chi connectivity index (χ0) is 25.9. The van der Waals surface area contributed by atoms with E-state index in [4.69, 9.17) is 0 Å². The van der Waals surface area contributed by atoms with Crippen LogP contribution in [0.3, 0.4) is 0 Å². The number of thioether (sulfide) groups is 1. The monoisotopic (exact) mass is 506 g/mol. The van der Waals surface area contributed by atoms with Crippen LogP contribution in [0.15, 0.2) is 78.9 Å². The molecular formula is C30H35FN2O2S. The molecule has 0 aliphatic carbocycles. The van der Waals surface area contributed by atoms with Gasteiger partial charge in [0, 0.05) is 24.8 Å². The molecule has 36 heavy (non-hydrogen) atoms. The Hall–Kier alpha value is -3.12. The average molecular weight is 507 g/mol. The predicted octanol–water partition coefficient (Wildman–Crippen LogP) is 5.92. The summed E-state index contributed by atoms with van der Waals surface area (Å²) in [5.74, 6) is 0.308. The van der Waals surface area contributed by atoms with E-state index in [1.807, 2.05) is 75.4 Å². The third-order valence-electron chi connectivity index (χ3n) is 6.28. The quantitative estimate of drug-likeness (QED) is 0.332. The van der Waals surface area contributed by atoms with Crippen LogP contribution in [0.4, 0.5) is 4.39 Å². The van der Waals surface area contributed by atoms with E-state index < -0.39 is 6.04 Å². The maximum atomic E-state index is 13.7. The minimum Gasteiger partial charge on any atom is -0.352 e. The number of nitrogens with zero attached hydrogens (tertiary/aromatic N) is 1. The van der Waals surface area contributed by atoms with Crippen LogP contribution in [0.25, 0.3) is 0 Å². The third-order valence-corrected chi connectivity index (χ3v) is 7.27. The van der Waals surface area contributed by atoms with Crippen molar-refractivity contribution < 1.29 is 14.0 Å².